The highest BCUT2D eigenvalue weighted by molar-refractivity contribution is 5.97. The largest absolute Gasteiger partial charge is 0.508 e. The van der Waals surface area contributed by atoms with Gasteiger partial charge in [0.25, 0.3) is 5.91 Å². The van der Waals surface area contributed by atoms with Crippen LogP contribution in [0.4, 0.5) is 0 Å². The number of aromatic hydroxyl groups is 1. The van der Waals surface area contributed by atoms with Crippen LogP contribution in [-0.4, -0.2) is 27.5 Å². The first-order valence-corrected chi connectivity index (χ1v) is 6.71. The maximum atomic E-state index is 12.1. The van der Waals surface area contributed by atoms with E-state index in [9.17, 15) is 9.90 Å². The van der Waals surface area contributed by atoms with Crippen LogP contribution in [0.25, 0.3) is 11.0 Å². The van der Waals surface area contributed by atoms with E-state index in [1.54, 1.807) is 36.7 Å². The molecule has 106 valence electrons. The number of carbonyl (C=O) groups excluding carboxylic acids is 1. The van der Waals surface area contributed by atoms with Crippen molar-refractivity contribution < 1.29 is 9.90 Å². The zero-order valence-electron chi connectivity index (χ0n) is 11.3. The summed E-state index contributed by atoms with van der Waals surface area (Å²) in [5.74, 6) is 0.121. The summed E-state index contributed by atoms with van der Waals surface area (Å²) < 4.78 is 0. The number of carbonyl (C=O) groups is 1. The lowest BCUT2D eigenvalue weighted by Gasteiger charge is -2.06. The van der Waals surface area contributed by atoms with E-state index < -0.39 is 0 Å². The first-order chi connectivity index (χ1) is 10.2. The molecule has 0 fully saturated rings. The lowest BCUT2D eigenvalue weighted by molar-refractivity contribution is 0.0954. The number of hydrogen-bond acceptors (Lipinski definition) is 3. The van der Waals surface area contributed by atoms with Gasteiger partial charge in [-0.2, -0.15) is 0 Å². The second-order valence-electron chi connectivity index (χ2n) is 4.81. The summed E-state index contributed by atoms with van der Waals surface area (Å²) in [6, 6.07) is 12.4. The molecule has 0 spiro atoms. The maximum absolute atomic E-state index is 12.1. The summed E-state index contributed by atoms with van der Waals surface area (Å²) >= 11 is 0. The number of H-pyrrole nitrogens is 1. The predicted molar refractivity (Wildman–Crippen MR) is 80.2 cm³/mol. The number of nitrogens with one attached hydrogen (secondary N) is 2. The molecule has 3 N–H and O–H groups in total. The molecule has 0 aliphatic carbocycles. The normalized spacial score (nSPS) is 10.7. The van der Waals surface area contributed by atoms with Crippen LogP contribution in [-0.2, 0) is 6.42 Å². The quantitative estimate of drug-likeness (QED) is 0.686. The van der Waals surface area contributed by atoms with Crippen molar-refractivity contribution in [3.63, 3.8) is 0 Å². The fourth-order valence-corrected chi connectivity index (χ4v) is 2.21. The molecule has 1 amide bonds. The molecule has 1 aromatic heterocycles. The molecule has 0 bridgehead atoms. The Hall–Kier alpha value is -2.82. The van der Waals surface area contributed by atoms with Gasteiger partial charge < -0.3 is 15.4 Å². The van der Waals surface area contributed by atoms with E-state index >= 15 is 0 Å². The highest BCUT2D eigenvalue weighted by Crippen LogP contribution is 2.12. The third-order valence-corrected chi connectivity index (χ3v) is 3.29. The van der Waals surface area contributed by atoms with Gasteiger partial charge in [0, 0.05) is 12.1 Å². The molecule has 0 aliphatic rings. The van der Waals surface area contributed by atoms with Crippen LogP contribution in [0.15, 0.2) is 48.8 Å². The van der Waals surface area contributed by atoms with Gasteiger partial charge in [-0.15, -0.1) is 0 Å². The summed E-state index contributed by atoms with van der Waals surface area (Å²) in [4.78, 5) is 19.2. The third kappa shape index (κ3) is 3.02. The number of fused-ring (bicyclic) bond motifs is 1. The molecule has 3 aromatic rings. The van der Waals surface area contributed by atoms with Crippen LogP contribution in [0.1, 0.15) is 15.9 Å². The molecule has 0 saturated heterocycles. The van der Waals surface area contributed by atoms with Crippen molar-refractivity contribution in [3.8, 4) is 5.75 Å². The van der Waals surface area contributed by atoms with Crippen molar-refractivity contribution in [2.45, 2.75) is 6.42 Å². The molecule has 0 atom stereocenters. The highest BCUT2D eigenvalue weighted by atomic mass is 16.3. The van der Waals surface area contributed by atoms with Gasteiger partial charge in [0.2, 0.25) is 0 Å². The van der Waals surface area contributed by atoms with Crippen molar-refractivity contribution in [3.05, 3.63) is 59.9 Å². The lowest BCUT2D eigenvalue weighted by Crippen LogP contribution is -2.25. The molecular formula is C16H15N3O2. The Labute approximate surface area is 121 Å². The fourth-order valence-electron chi connectivity index (χ4n) is 2.21. The first kappa shape index (κ1) is 13.2. The van der Waals surface area contributed by atoms with Gasteiger partial charge in [-0.05, 0) is 42.3 Å². The average molecular weight is 281 g/mol. The number of amides is 1. The third-order valence-electron chi connectivity index (χ3n) is 3.29. The fraction of sp³-hybridized carbons (Fsp3) is 0.125. The molecule has 2 aromatic carbocycles. The minimum absolute atomic E-state index is 0.119. The molecule has 21 heavy (non-hydrogen) atoms. The number of phenols is 1. The minimum atomic E-state index is -0.119. The maximum Gasteiger partial charge on any atom is 0.251 e. The Morgan fingerprint density at radius 3 is 3.00 bits per heavy atom. The molecule has 5 heteroatoms. The van der Waals surface area contributed by atoms with Gasteiger partial charge in [-0.1, -0.05) is 12.1 Å². The Balaban J connectivity index is 1.61. The number of benzene rings is 2. The van der Waals surface area contributed by atoms with Crippen LogP contribution in [0.5, 0.6) is 5.75 Å². The van der Waals surface area contributed by atoms with Crippen LogP contribution < -0.4 is 5.32 Å². The van der Waals surface area contributed by atoms with Crippen molar-refractivity contribution >= 4 is 16.9 Å². The molecule has 0 radical (unpaired) electrons. The van der Waals surface area contributed by atoms with Crippen molar-refractivity contribution in [2.24, 2.45) is 0 Å². The number of rotatable bonds is 4. The summed E-state index contributed by atoms with van der Waals surface area (Å²) in [5, 5.41) is 12.3. The Morgan fingerprint density at radius 2 is 2.14 bits per heavy atom. The van der Waals surface area contributed by atoms with Gasteiger partial charge >= 0.3 is 0 Å². The predicted octanol–water partition coefficient (Wildman–Crippen LogP) is 2.24. The van der Waals surface area contributed by atoms with Crippen molar-refractivity contribution in [2.75, 3.05) is 6.54 Å². The van der Waals surface area contributed by atoms with Crippen molar-refractivity contribution in [1.82, 2.24) is 15.3 Å². The number of nitrogens with zero attached hydrogens (tertiary/aromatic N) is 1. The van der Waals surface area contributed by atoms with E-state index in [1.165, 1.54) is 0 Å². The average Bonchev–Trinajstić information content (AvgIpc) is 2.94. The summed E-state index contributed by atoms with van der Waals surface area (Å²) in [6.07, 6.45) is 2.28. The number of hydrogen-bond donors (Lipinski definition) is 3. The molecular weight excluding hydrogens is 266 g/mol. The summed E-state index contributed by atoms with van der Waals surface area (Å²) in [7, 11) is 0. The molecule has 0 saturated carbocycles. The molecule has 0 aliphatic heterocycles. The summed E-state index contributed by atoms with van der Waals surface area (Å²) in [5.41, 5.74) is 3.27. The first-order valence-electron chi connectivity index (χ1n) is 6.71. The van der Waals surface area contributed by atoms with Crippen LogP contribution in [0, 0.1) is 0 Å². The Morgan fingerprint density at radius 1 is 1.24 bits per heavy atom. The molecule has 3 rings (SSSR count). The summed E-state index contributed by atoms with van der Waals surface area (Å²) in [6.45, 7) is 0.517. The Bertz CT molecular complexity index is 780. The monoisotopic (exact) mass is 281 g/mol. The van der Waals surface area contributed by atoms with Crippen LogP contribution in [0.3, 0.4) is 0 Å². The van der Waals surface area contributed by atoms with Gasteiger partial charge in [0.15, 0.2) is 0 Å². The molecule has 0 unspecified atom stereocenters. The smallest absolute Gasteiger partial charge is 0.251 e. The topological polar surface area (TPSA) is 78.0 Å². The highest BCUT2D eigenvalue weighted by Gasteiger charge is 2.06. The van der Waals surface area contributed by atoms with E-state index in [-0.39, 0.29) is 11.7 Å². The van der Waals surface area contributed by atoms with Gasteiger partial charge in [0.1, 0.15) is 5.75 Å². The minimum Gasteiger partial charge on any atom is -0.508 e. The number of aromatic nitrogens is 2. The number of phenolic OH excluding ortho intramolecular Hbond substituents is 1. The Kier molecular flexibility index (Phi) is 3.55. The van der Waals surface area contributed by atoms with Gasteiger partial charge in [-0.25, -0.2) is 4.98 Å². The van der Waals surface area contributed by atoms with Crippen molar-refractivity contribution in [1.29, 1.82) is 0 Å². The zero-order valence-corrected chi connectivity index (χ0v) is 11.3. The van der Waals surface area contributed by atoms with Crippen LogP contribution in [0.2, 0.25) is 0 Å². The second kappa shape index (κ2) is 5.66. The zero-order chi connectivity index (χ0) is 14.7. The molecule has 1 heterocycles. The van der Waals surface area contributed by atoms with Gasteiger partial charge in [0.05, 0.1) is 17.4 Å². The lowest BCUT2D eigenvalue weighted by atomic mass is 10.1. The standard InChI is InChI=1S/C16H15N3O2/c20-13-3-1-2-11(8-13)6-7-17-16(21)12-4-5-14-15(9-12)19-10-18-14/h1-5,8-10,20H,6-7H2,(H,17,21)(H,18,19). The number of aromatic amines is 1. The van der Waals surface area contributed by atoms with E-state index in [1.807, 2.05) is 12.1 Å². The van der Waals surface area contributed by atoms with Crippen LogP contribution >= 0.6 is 0 Å². The SMILES string of the molecule is O=C(NCCc1cccc(O)c1)c1ccc2nc[nH]c2c1. The second-order valence-corrected chi connectivity index (χ2v) is 4.81. The number of imidazole rings is 1. The van der Waals surface area contributed by atoms with E-state index in [2.05, 4.69) is 15.3 Å². The van der Waals surface area contributed by atoms with Gasteiger partial charge in [-0.3, -0.25) is 4.79 Å². The van der Waals surface area contributed by atoms with E-state index in [0.717, 1.165) is 16.6 Å². The molecule has 5 nitrogen and oxygen atoms in total. The van der Waals surface area contributed by atoms with E-state index in [0.29, 0.717) is 18.5 Å². The van der Waals surface area contributed by atoms with E-state index in [4.69, 9.17) is 0 Å².